The van der Waals surface area contributed by atoms with Crippen molar-refractivity contribution in [1.29, 1.82) is 0 Å². The topological polar surface area (TPSA) is 147 Å². The second-order valence-electron chi connectivity index (χ2n) is 7.97. The van der Waals surface area contributed by atoms with E-state index in [-0.39, 0.29) is 31.6 Å². The number of carbonyl (C=O) groups is 4. The van der Waals surface area contributed by atoms with Crippen LogP contribution in [0.4, 0.5) is 0 Å². The summed E-state index contributed by atoms with van der Waals surface area (Å²) < 4.78 is 10.5. The number of Topliss-reactive ketones (excluding diaryl/α,β-unsaturated/α-hetero) is 2. The van der Waals surface area contributed by atoms with Gasteiger partial charge in [0.05, 0.1) is 16.7 Å². The fourth-order valence-corrected chi connectivity index (χ4v) is 3.48. The van der Waals surface area contributed by atoms with E-state index in [1.54, 1.807) is 32.9 Å². The molecule has 0 heterocycles. The summed E-state index contributed by atoms with van der Waals surface area (Å²) in [5.74, 6) is -5.97. The van der Waals surface area contributed by atoms with Crippen LogP contribution in [0.25, 0.3) is 0 Å². The fraction of sp³-hybridized carbons (Fsp3) is 0.385. The third kappa shape index (κ3) is 6.59. The van der Waals surface area contributed by atoms with Gasteiger partial charge in [-0.3, -0.25) is 14.4 Å². The Labute approximate surface area is 203 Å². The van der Waals surface area contributed by atoms with E-state index < -0.39 is 57.4 Å². The lowest BCUT2D eigenvalue weighted by atomic mass is 9.90. The first kappa shape index (κ1) is 27.4. The molecule has 0 spiro atoms. The van der Waals surface area contributed by atoms with Crippen LogP contribution in [-0.4, -0.2) is 38.8 Å². The molecule has 188 valence electrons. The molecular weight excluding hydrogens is 456 g/mol. The van der Waals surface area contributed by atoms with Gasteiger partial charge in [0.2, 0.25) is 5.75 Å². The Morgan fingerprint density at radius 3 is 1.94 bits per heavy atom. The zero-order chi connectivity index (χ0) is 26.1. The predicted octanol–water partition coefficient (Wildman–Crippen LogP) is 4.83. The smallest absolute Gasteiger partial charge is 0.340 e. The molecule has 2 rings (SSSR count). The molecule has 3 N–H and O–H groups in total. The zero-order valence-electron chi connectivity index (χ0n) is 20.1. The summed E-state index contributed by atoms with van der Waals surface area (Å²) in [7, 11) is 0. The number of aromatic hydroxyl groups is 3. The Morgan fingerprint density at radius 1 is 0.771 bits per heavy atom. The van der Waals surface area contributed by atoms with Gasteiger partial charge in [-0.15, -0.1) is 0 Å². The number of ketones is 2. The molecule has 2 aromatic carbocycles. The molecule has 0 saturated heterocycles. The highest BCUT2D eigenvalue weighted by atomic mass is 16.5. The lowest BCUT2D eigenvalue weighted by Crippen LogP contribution is -2.20. The first-order valence-electron chi connectivity index (χ1n) is 11.5. The second kappa shape index (κ2) is 12.5. The summed E-state index contributed by atoms with van der Waals surface area (Å²) in [4.78, 5) is 51.5. The molecule has 0 aliphatic rings. The van der Waals surface area contributed by atoms with Crippen LogP contribution in [0.3, 0.4) is 0 Å². The first-order valence-corrected chi connectivity index (χ1v) is 11.5. The molecule has 0 aliphatic heterocycles. The maximum absolute atomic E-state index is 13.3. The Kier molecular flexibility index (Phi) is 9.81. The molecule has 0 fully saturated rings. The van der Waals surface area contributed by atoms with Gasteiger partial charge < -0.3 is 24.8 Å². The van der Waals surface area contributed by atoms with Crippen LogP contribution in [-0.2, 0) is 16.1 Å². The van der Waals surface area contributed by atoms with Gasteiger partial charge in [0.1, 0.15) is 12.4 Å². The van der Waals surface area contributed by atoms with Crippen LogP contribution in [0.15, 0.2) is 24.3 Å². The molecule has 0 radical (unpaired) electrons. The third-order valence-electron chi connectivity index (χ3n) is 5.07. The monoisotopic (exact) mass is 486 g/mol. The van der Waals surface area contributed by atoms with Crippen molar-refractivity contribution in [3.8, 4) is 23.0 Å². The van der Waals surface area contributed by atoms with E-state index in [1.807, 2.05) is 0 Å². The molecule has 0 aromatic heterocycles. The summed E-state index contributed by atoms with van der Waals surface area (Å²) in [5.41, 5.74) is -1.21. The molecule has 0 unspecified atom stereocenters. The highest BCUT2D eigenvalue weighted by Gasteiger charge is 2.36. The van der Waals surface area contributed by atoms with Gasteiger partial charge in [0.15, 0.2) is 23.1 Å². The maximum Gasteiger partial charge on any atom is 0.340 e. The van der Waals surface area contributed by atoms with Crippen molar-refractivity contribution in [3.05, 3.63) is 46.5 Å². The van der Waals surface area contributed by atoms with Gasteiger partial charge in [-0.05, 0) is 37.0 Å². The highest BCUT2D eigenvalue weighted by molar-refractivity contribution is 6.17. The van der Waals surface area contributed by atoms with Crippen molar-refractivity contribution in [2.45, 2.75) is 65.9 Å². The lowest BCUT2D eigenvalue weighted by Gasteiger charge is -2.19. The van der Waals surface area contributed by atoms with Gasteiger partial charge in [-0.25, -0.2) is 4.79 Å². The molecule has 0 atom stereocenters. The number of benzene rings is 2. The molecule has 9 nitrogen and oxygen atoms in total. The number of hydrogen-bond acceptors (Lipinski definition) is 9. The minimum Gasteiger partial charge on any atom is -0.508 e. The molecule has 0 aliphatic carbocycles. The van der Waals surface area contributed by atoms with Crippen LogP contribution >= 0.6 is 0 Å². The van der Waals surface area contributed by atoms with Crippen LogP contribution in [0.2, 0.25) is 0 Å². The average molecular weight is 487 g/mol. The van der Waals surface area contributed by atoms with E-state index >= 15 is 0 Å². The predicted molar refractivity (Wildman–Crippen MR) is 126 cm³/mol. The van der Waals surface area contributed by atoms with Crippen molar-refractivity contribution in [2.75, 3.05) is 0 Å². The van der Waals surface area contributed by atoms with Crippen molar-refractivity contribution in [2.24, 2.45) is 0 Å². The Balaban J connectivity index is 2.74. The molecular formula is C26H30O9. The van der Waals surface area contributed by atoms with Gasteiger partial charge >= 0.3 is 11.9 Å². The number of phenols is 3. The van der Waals surface area contributed by atoms with Crippen molar-refractivity contribution in [1.82, 2.24) is 0 Å². The minimum atomic E-state index is -1.13. The van der Waals surface area contributed by atoms with Crippen molar-refractivity contribution < 1.29 is 44.0 Å². The number of phenolic OH excluding ortho intramolecular Hbond substituents is 3. The van der Waals surface area contributed by atoms with E-state index in [0.717, 1.165) is 0 Å². The largest absolute Gasteiger partial charge is 0.508 e. The minimum absolute atomic E-state index is 0.0462. The van der Waals surface area contributed by atoms with E-state index in [2.05, 4.69) is 0 Å². The van der Waals surface area contributed by atoms with Crippen LogP contribution in [0.5, 0.6) is 23.0 Å². The first-order chi connectivity index (χ1) is 16.7. The Hall–Kier alpha value is -3.88. The molecule has 2 aromatic rings. The molecule has 0 amide bonds. The fourth-order valence-electron chi connectivity index (χ4n) is 3.48. The number of rotatable bonds is 12. The molecule has 0 saturated carbocycles. The molecule has 9 heteroatoms. The van der Waals surface area contributed by atoms with Gasteiger partial charge in [-0.2, -0.15) is 0 Å². The van der Waals surface area contributed by atoms with Gasteiger partial charge in [0, 0.05) is 19.3 Å². The van der Waals surface area contributed by atoms with E-state index in [0.29, 0.717) is 24.8 Å². The highest BCUT2D eigenvalue weighted by Crippen LogP contribution is 2.46. The van der Waals surface area contributed by atoms with E-state index in [9.17, 15) is 34.5 Å². The number of hydrogen-bond donors (Lipinski definition) is 3. The summed E-state index contributed by atoms with van der Waals surface area (Å²) in [6.45, 7) is 4.82. The van der Waals surface area contributed by atoms with E-state index in [4.69, 9.17) is 9.47 Å². The van der Waals surface area contributed by atoms with Gasteiger partial charge in [0.25, 0.3) is 0 Å². The summed E-state index contributed by atoms with van der Waals surface area (Å²) in [6, 6.07) is 5.93. The summed E-state index contributed by atoms with van der Waals surface area (Å²) in [6.07, 6.45) is 0.916. The number of carbonyl (C=O) groups excluding carboxylic acids is 4. The third-order valence-corrected chi connectivity index (χ3v) is 5.07. The number of esters is 2. The SMILES string of the molecule is CCCC(=O)Oc1c(O)c(O)c(C(=O)CCC)c(C(=O)OCc2cccc(O)c2)c1C(=O)CCC. The maximum atomic E-state index is 13.3. The Bertz CT molecular complexity index is 1120. The Morgan fingerprint density at radius 2 is 1.37 bits per heavy atom. The van der Waals surface area contributed by atoms with Crippen LogP contribution in [0.1, 0.15) is 95.9 Å². The van der Waals surface area contributed by atoms with Crippen molar-refractivity contribution >= 4 is 23.5 Å². The van der Waals surface area contributed by atoms with Crippen LogP contribution < -0.4 is 4.74 Å². The zero-order valence-corrected chi connectivity index (χ0v) is 20.1. The summed E-state index contributed by atoms with van der Waals surface area (Å²) in [5, 5.41) is 31.0. The quantitative estimate of drug-likeness (QED) is 0.166. The van der Waals surface area contributed by atoms with Crippen LogP contribution in [0, 0.1) is 0 Å². The second-order valence-corrected chi connectivity index (χ2v) is 7.97. The lowest BCUT2D eigenvalue weighted by molar-refractivity contribution is -0.134. The molecule has 0 bridgehead atoms. The van der Waals surface area contributed by atoms with E-state index in [1.165, 1.54) is 12.1 Å². The average Bonchev–Trinajstić information content (AvgIpc) is 2.80. The summed E-state index contributed by atoms with van der Waals surface area (Å²) >= 11 is 0. The van der Waals surface area contributed by atoms with Gasteiger partial charge in [-0.1, -0.05) is 32.9 Å². The molecule has 35 heavy (non-hydrogen) atoms. The number of ether oxygens (including phenoxy) is 2. The normalized spacial score (nSPS) is 10.6. The standard InChI is InChI=1S/C26H30O9/c1-4-8-17(28)20-22(26(33)34-14-15-11-7-12-16(27)13-15)21(18(29)9-5-2)25(24(32)23(20)31)35-19(30)10-6-3/h7,11-13,27,31-32H,4-6,8-10,14H2,1-3H3. The van der Waals surface area contributed by atoms with Crippen molar-refractivity contribution in [3.63, 3.8) is 0 Å².